The second kappa shape index (κ2) is 19.3. The molecule has 0 spiro atoms. The van der Waals surface area contributed by atoms with Gasteiger partial charge in [-0.3, -0.25) is 0 Å². The molecule has 0 atom stereocenters. The lowest BCUT2D eigenvalue weighted by molar-refractivity contribution is 0.283. The zero-order valence-electron chi connectivity index (χ0n) is 12.1. The quantitative estimate of drug-likeness (QED) is 0.356. The van der Waals surface area contributed by atoms with Crippen molar-refractivity contribution in [1.29, 1.82) is 0 Å². The molecule has 0 heterocycles. The molecule has 0 rings (SSSR count). The average molecular weight is 279 g/mol. The molecule has 0 saturated heterocycles. The Kier molecular flexibility index (Phi) is 21.7. The second-order valence-electron chi connectivity index (χ2n) is 4.49. The van der Waals surface area contributed by atoms with E-state index in [0.29, 0.717) is 6.61 Å². The Bertz CT molecular complexity index is 164. The fraction of sp³-hybridized carbons (Fsp3) is 0.867. The van der Waals surface area contributed by atoms with E-state index in [9.17, 15) is 0 Å². The average Bonchev–Trinajstić information content (AvgIpc) is 2.36. The predicted octanol–water partition coefficient (Wildman–Crippen LogP) is 4.28. The highest BCUT2D eigenvalue weighted by Gasteiger charge is 1.86. The minimum absolute atomic E-state index is 0.286. The first-order valence-electron chi connectivity index (χ1n) is 7.16. The first-order chi connectivity index (χ1) is 8.72. The first kappa shape index (κ1) is 20.3. The van der Waals surface area contributed by atoms with Crippen LogP contribution in [0.3, 0.4) is 0 Å². The summed E-state index contributed by atoms with van der Waals surface area (Å²) >= 11 is 5.42. The number of aliphatic hydroxyl groups is 2. The van der Waals surface area contributed by atoms with E-state index in [1.54, 1.807) is 0 Å². The maximum Gasteiger partial charge on any atom is 0.0468 e. The highest BCUT2D eigenvalue weighted by atomic mass is 35.5. The maximum absolute atomic E-state index is 8.55. The standard InChI is InChI=1S/C9H18O.C6H13ClO/c1-3-4-5-6-9(2)7-8-10;7-5-3-1-2-4-6-8/h6,10H,3-5,7-8H2,1-2H3;8H,1-6H2/b9-6-;. The van der Waals surface area contributed by atoms with Crippen LogP contribution < -0.4 is 0 Å². The highest BCUT2D eigenvalue weighted by Crippen LogP contribution is 2.03. The molecule has 0 amide bonds. The molecule has 0 aliphatic rings. The summed E-state index contributed by atoms with van der Waals surface area (Å²) in [6.07, 6.45) is 11.0. The van der Waals surface area contributed by atoms with Crippen LogP contribution in [0.4, 0.5) is 0 Å². The monoisotopic (exact) mass is 278 g/mol. The maximum atomic E-state index is 8.55. The highest BCUT2D eigenvalue weighted by molar-refractivity contribution is 6.17. The summed E-state index contributed by atoms with van der Waals surface area (Å²) in [4.78, 5) is 0. The number of allylic oxidation sites excluding steroid dienone is 1. The third kappa shape index (κ3) is 21.3. The number of unbranched alkanes of at least 4 members (excludes halogenated alkanes) is 5. The van der Waals surface area contributed by atoms with Crippen molar-refractivity contribution in [3.05, 3.63) is 11.6 Å². The van der Waals surface area contributed by atoms with Gasteiger partial charge in [-0.15, -0.1) is 11.6 Å². The van der Waals surface area contributed by atoms with E-state index in [-0.39, 0.29) is 6.61 Å². The number of aliphatic hydroxyl groups excluding tert-OH is 2. The summed E-state index contributed by atoms with van der Waals surface area (Å²) in [6, 6.07) is 0. The lowest BCUT2D eigenvalue weighted by Gasteiger charge is -1.95. The second-order valence-corrected chi connectivity index (χ2v) is 4.87. The smallest absolute Gasteiger partial charge is 0.0468 e. The largest absolute Gasteiger partial charge is 0.396 e. The normalized spacial score (nSPS) is 11.1. The van der Waals surface area contributed by atoms with Gasteiger partial charge >= 0.3 is 0 Å². The molecule has 0 fully saturated rings. The molecule has 110 valence electrons. The summed E-state index contributed by atoms with van der Waals surface area (Å²) in [5, 5.41) is 16.9. The lowest BCUT2D eigenvalue weighted by atomic mass is 10.1. The lowest BCUT2D eigenvalue weighted by Crippen LogP contribution is -1.83. The molecule has 0 unspecified atom stereocenters. The van der Waals surface area contributed by atoms with Crippen LogP contribution in [0.2, 0.25) is 0 Å². The van der Waals surface area contributed by atoms with Gasteiger partial charge in [0.2, 0.25) is 0 Å². The van der Waals surface area contributed by atoms with E-state index in [1.165, 1.54) is 24.8 Å². The number of alkyl halides is 1. The van der Waals surface area contributed by atoms with Gasteiger partial charge < -0.3 is 10.2 Å². The first-order valence-corrected chi connectivity index (χ1v) is 7.69. The fourth-order valence-electron chi connectivity index (χ4n) is 1.39. The topological polar surface area (TPSA) is 40.5 Å². The van der Waals surface area contributed by atoms with Crippen LogP contribution in [0, 0.1) is 0 Å². The molecule has 0 aromatic rings. The minimum Gasteiger partial charge on any atom is -0.396 e. The molecule has 0 aromatic heterocycles. The van der Waals surface area contributed by atoms with Gasteiger partial charge in [-0.1, -0.05) is 44.3 Å². The number of halogens is 1. The molecule has 0 aromatic carbocycles. The molecule has 2 nitrogen and oxygen atoms in total. The van der Waals surface area contributed by atoms with Crippen LogP contribution in [0.25, 0.3) is 0 Å². The summed E-state index contributed by atoms with van der Waals surface area (Å²) in [6.45, 7) is 4.87. The Morgan fingerprint density at radius 1 is 1.00 bits per heavy atom. The van der Waals surface area contributed by atoms with E-state index in [1.807, 2.05) is 0 Å². The van der Waals surface area contributed by atoms with Crippen molar-refractivity contribution in [2.45, 2.75) is 65.2 Å². The molecule has 3 heteroatoms. The summed E-state index contributed by atoms with van der Waals surface area (Å²) in [5.74, 6) is 0.755. The van der Waals surface area contributed by atoms with E-state index in [0.717, 1.165) is 38.0 Å². The third-order valence-electron chi connectivity index (χ3n) is 2.60. The van der Waals surface area contributed by atoms with E-state index in [2.05, 4.69) is 19.9 Å². The Morgan fingerprint density at radius 2 is 1.67 bits per heavy atom. The summed E-state index contributed by atoms with van der Waals surface area (Å²) in [5.41, 5.74) is 1.32. The van der Waals surface area contributed by atoms with Gasteiger partial charge in [0.05, 0.1) is 0 Å². The Labute approximate surface area is 118 Å². The summed E-state index contributed by atoms with van der Waals surface area (Å²) < 4.78 is 0. The van der Waals surface area contributed by atoms with Gasteiger partial charge in [0.15, 0.2) is 0 Å². The molecule has 0 radical (unpaired) electrons. The molecular weight excluding hydrogens is 248 g/mol. The Morgan fingerprint density at radius 3 is 2.17 bits per heavy atom. The van der Waals surface area contributed by atoms with Crippen molar-refractivity contribution in [3.8, 4) is 0 Å². The van der Waals surface area contributed by atoms with Crippen molar-refractivity contribution < 1.29 is 10.2 Å². The molecule has 0 aliphatic heterocycles. The Balaban J connectivity index is 0. The van der Waals surface area contributed by atoms with Crippen molar-refractivity contribution in [3.63, 3.8) is 0 Å². The van der Waals surface area contributed by atoms with Gasteiger partial charge in [0.1, 0.15) is 0 Å². The summed E-state index contributed by atoms with van der Waals surface area (Å²) in [7, 11) is 0. The molecule has 18 heavy (non-hydrogen) atoms. The van der Waals surface area contributed by atoms with Crippen LogP contribution in [0.1, 0.15) is 65.2 Å². The molecule has 0 bridgehead atoms. The van der Waals surface area contributed by atoms with Gasteiger partial charge in [-0.05, 0) is 32.6 Å². The van der Waals surface area contributed by atoms with E-state index < -0.39 is 0 Å². The predicted molar refractivity (Wildman–Crippen MR) is 81.3 cm³/mol. The van der Waals surface area contributed by atoms with Gasteiger partial charge in [-0.25, -0.2) is 0 Å². The van der Waals surface area contributed by atoms with Crippen molar-refractivity contribution >= 4 is 11.6 Å². The molecular formula is C15H31ClO2. The number of rotatable bonds is 10. The van der Waals surface area contributed by atoms with Gasteiger partial charge in [0.25, 0.3) is 0 Å². The van der Waals surface area contributed by atoms with Crippen LogP contribution in [-0.2, 0) is 0 Å². The third-order valence-corrected chi connectivity index (χ3v) is 2.87. The van der Waals surface area contributed by atoms with E-state index >= 15 is 0 Å². The van der Waals surface area contributed by atoms with Crippen molar-refractivity contribution in [1.82, 2.24) is 0 Å². The number of hydrogen-bond acceptors (Lipinski definition) is 2. The van der Waals surface area contributed by atoms with Gasteiger partial charge in [0, 0.05) is 19.1 Å². The molecule has 2 N–H and O–H groups in total. The van der Waals surface area contributed by atoms with Crippen molar-refractivity contribution in [2.24, 2.45) is 0 Å². The minimum atomic E-state index is 0.286. The van der Waals surface area contributed by atoms with Crippen LogP contribution >= 0.6 is 11.6 Å². The Hall–Kier alpha value is -0.0500. The van der Waals surface area contributed by atoms with Crippen LogP contribution in [0.15, 0.2) is 11.6 Å². The zero-order chi connectivity index (χ0) is 14.1. The van der Waals surface area contributed by atoms with Crippen LogP contribution in [0.5, 0.6) is 0 Å². The molecule has 0 aliphatic carbocycles. The fourth-order valence-corrected chi connectivity index (χ4v) is 1.58. The number of hydrogen-bond donors (Lipinski definition) is 2. The van der Waals surface area contributed by atoms with Gasteiger partial charge in [-0.2, -0.15) is 0 Å². The van der Waals surface area contributed by atoms with E-state index in [4.69, 9.17) is 21.8 Å². The van der Waals surface area contributed by atoms with Crippen LogP contribution in [-0.4, -0.2) is 29.3 Å². The molecule has 0 saturated carbocycles. The zero-order valence-corrected chi connectivity index (χ0v) is 12.9. The van der Waals surface area contributed by atoms with Crippen molar-refractivity contribution in [2.75, 3.05) is 19.1 Å². The SMILES string of the molecule is CCCC/C=C(/C)CCO.OCCCCCCCl.